The first-order valence-electron chi connectivity index (χ1n) is 7.73. The van der Waals surface area contributed by atoms with Crippen molar-refractivity contribution in [2.24, 2.45) is 11.3 Å². The van der Waals surface area contributed by atoms with Gasteiger partial charge in [0.2, 0.25) is 5.91 Å². The summed E-state index contributed by atoms with van der Waals surface area (Å²) in [6, 6.07) is 0.458. The summed E-state index contributed by atoms with van der Waals surface area (Å²) in [6.45, 7) is 7.17. The summed E-state index contributed by atoms with van der Waals surface area (Å²) in [6.07, 6.45) is 4.85. The van der Waals surface area contributed by atoms with E-state index in [2.05, 4.69) is 19.2 Å². The average Bonchev–Trinajstić information content (AvgIpc) is 2.46. The molecule has 0 saturated carbocycles. The second-order valence-electron chi connectivity index (χ2n) is 6.41. The number of aliphatic hydroxyl groups excluding tert-OH is 1. The quantitative estimate of drug-likeness (QED) is 0.836. The SMILES string of the molecule is CCC1(CO)CCN(C(=O)[C@H]2CCN[C@@H](C)C2)CC1.Cl. The molecule has 2 N–H and O–H groups in total. The summed E-state index contributed by atoms with van der Waals surface area (Å²) in [5, 5.41) is 12.9. The second-order valence-corrected chi connectivity index (χ2v) is 6.41. The van der Waals surface area contributed by atoms with Gasteiger partial charge >= 0.3 is 0 Å². The highest BCUT2D eigenvalue weighted by atomic mass is 35.5. The van der Waals surface area contributed by atoms with Crippen LogP contribution < -0.4 is 5.32 Å². The van der Waals surface area contributed by atoms with Gasteiger partial charge in [0.1, 0.15) is 0 Å². The molecule has 2 fully saturated rings. The highest BCUT2D eigenvalue weighted by Crippen LogP contribution is 2.35. The number of nitrogens with one attached hydrogen (secondary N) is 1. The van der Waals surface area contributed by atoms with E-state index in [1.165, 1.54) is 0 Å². The van der Waals surface area contributed by atoms with Crippen molar-refractivity contribution in [1.82, 2.24) is 10.2 Å². The summed E-state index contributed by atoms with van der Waals surface area (Å²) < 4.78 is 0. The van der Waals surface area contributed by atoms with Crippen molar-refractivity contribution in [2.75, 3.05) is 26.2 Å². The topological polar surface area (TPSA) is 52.6 Å². The van der Waals surface area contributed by atoms with Crippen molar-refractivity contribution >= 4 is 18.3 Å². The fourth-order valence-electron chi connectivity index (χ4n) is 3.44. The Bertz CT molecular complexity index is 311. The third-order valence-electron chi connectivity index (χ3n) is 5.19. The van der Waals surface area contributed by atoms with Gasteiger partial charge < -0.3 is 15.3 Å². The van der Waals surface area contributed by atoms with Crippen molar-refractivity contribution in [3.63, 3.8) is 0 Å². The van der Waals surface area contributed by atoms with Crippen molar-refractivity contribution < 1.29 is 9.90 Å². The number of halogens is 1. The maximum atomic E-state index is 12.5. The maximum Gasteiger partial charge on any atom is 0.225 e. The Balaban J connectivity index is 0.00000200. The van der Waals surface area contributed by atoms with E-state index < -0.39 is 0 Å². The maximum absolute atomic E-state index is 12.5. The highest BCUT2D eigenvalue weighted by molar-refractivity contribution is 5.85. The summed E-state index contributed by atoms with van der Waals surface area (Å²) in [4.78, 5) is 14.6. The molecule has 0 unspecified atom stereocenters. The van der Waals surface area contributed by atoms with E-state index in [-0.39, 0.29) is 30.3 Å². The number of piperidine rings is 2. The first kappa shape index (κ1) is 17.7. The molecule has 2 heterocycles. The van der Waals surface area contributed by atoms with E-state index in [4.69, 9.17) is 0 Å². The Morgan fingerprint density at radius 3 is 2.55 bits per heavy atom. The van der Waals surface area contributed by atoms with Crippen LogP contribution in [-0.4, -0.2) is 48.2 Å². The van der Waals surface area contributed by atoms with Gasteiger partial charge in [0.15, 0.2) is 0 Å². The van der Waals surface area contributed by atoms with Crippen LogP contribution in [0.3, 0.4) is 0 Å². The fourth-order valence-corrected chi connectivity index (χ4v) is 3.44. The van der Waals surface area contributed by atoms with Crippen molar-refractivity contribution in [2.45, 2.75) is 52.0 Å². The molecule has 0 aromatic rings. The van der Waals surface area contributed by atoms with Gasteiger partial charge in [0, 0.05) is 31.7 Å². The lowest BCUT2D eigenvalue weighted by Crippen LogP contribution is -2.49. The fraction of sp³-hybridized carbons (Fsp3) is 0.933. The zero-order valence-corrected chi connectivity index (χ0v) is 13.5. The molecule has 0 bridgehead atoms. The molecule has 0 aromatic carbocycles. The number of nitrogens with zero attached hydrogens (tertiary/aromatic N) is 1. The first-order chi connectivity index (χ1) is 9.10. The Morgan fingerprint density at radius 1 is 1.40 bits per heavy atom. The lowest BCUT2D eigenvalue weighted by atomic mass is 9.76. The van der Waals surface area contributed by atoms with Crippen LogP contribution in [0, 0.1) is 11.3 Å². The molecule has 5 heteroatoms. The highest BCUT2D eigenvalue weighted by Gasteiger charge is 2.36. The first-order valence-corrected chi connectivity index (χ1v) is 7.73. The van der Waals surface area contributed by atoms with Gasteiger partial charge in [0.25, 0.3) is 0 Å². The number of rotatable bonds is 3. The number of aliphatic hydroxyl groups is 1. The van der Waals surface area contributed by atoms with Gasteiger partial charge in [0.05, 0.1) is 0 Å². The molecular weight excluding hydrogens is 276 g/mol. The number of carbonyl (C=O) groups excluding carboxylic acids is 1. The standard InChI is InChI=1S/C15H28N2O2.ClH/c1-3-15(11-18)5-8-17(9-6-15)14(19)13-4-7-16-12(2)10-13;/h12-13,16,18H,3-11H2,1-2H3;1H/t12-,13-;/m0./s1. The van der Waals surface area contributed by atoms with E-state index in [9.17, 15) is 9.90 Å². The lowest BCUT2D eigenvalue weighted by Gasteiger charge is -2.42. The van der Waals surface area contributed by atoms with Crippen LogP contribution in [0.4, 0.5) is 0 Å². The number of hydrogen-bond acceptors (Lipinski definition) is 3. The van der Waals surface area contributed by atoms with Crippen molar-refractivity contribution in [3.05, 3.63) is 0 Å². The molecule has 0 radical (unpaired) electrons. The monoisotopic (exact) mass is 304 g/mol. The van der Waals surface area contributed by atoms with Crippen molar-refractivity contribution in [1.29, 1.82) is 0 Å². The second kappa shape index (κ2) is 7.62. The predicted octanol–water partition coefficient (Wildman–Crippen LogP) is 1.81. The summed E-state index contributed by atoms with van der Waals surface area (Å²) in [7, 11) is 0. The Kier molecular flexibility index (Phi) is 6.76. The summed E-state index contributed by atoms with van der Waals surface area (Å²) in [5.41, 5.74) is 0.0677. The zero-order chi connectivity index (χ0) is 13.9. The smallest absolute Gasteiger partial charge is 0.225 e. The largest absolute Gasteiger partial charge is 0.396 e. The minimum atomic E-state index is 0. The average molecular weight is 305 g/mol. The molecule has 2 rings (SSSR count). The summed E-state index contributed by atoms with van der Waals surface area (Å²) in [5.74, 6) is 0.551. The molecule has 1 amide bonds. The van der Waals surface area contributed by atoms with Crippen LogP contribution in [0.2, 0.25) is 0 Å². The minimum absolute atomic E-state index is 0. The van der Waals surface area contributed by atoms with Crippen LogP contribution in [0.25, 0.3) is 0 Å². The molecule has 0 aliphatic carbocycles. The molecular formula is C15H29ClN2O2. The minimum Gasteiger partial charge on any atom is -0.396 e. The third kappa shape index (κ3) is 3.86. The molecule has 4 nitrogen and oxygen atoms in total. The van der Waals surface area contributed by atoms with Crippen LogP contribution >= 0.6 is 12.4 Å². The lowest BCUT2D eigenvalue weighted by molar-refractivity contribution is -0.139. The molecule has 2 aliphatic heterocycles. The number of likely N-dealkylation sites (tertiary alicyclic amines) is 1. The molecule has 20 heavy (non-hydrogen) atoms. The van der Waals surface area contributed by atoms with E-state index in [1.807, 2.05) is 4.90 Å². The molecule has 0 spiro atoms. The van der Waals surface area contributed by atoms with Gasteiger partial charge in [-0.3, -0.25) is 4.79 Å². The van der Waals surface area contributed by atoms with E-state index in [0.29, 0.717) is 11.9 Å². The van der Waals surface area contributed by atoms with E-state index in [1.54, 1.807) is 0 Å². The van der Waals surface area contributed by atoms with Gasteiger partial charge in [-0.15, -0.1) is 12.4 Å². The van der Waals surface area contributed by atoms with Crippen LogP contribution in [0.5, 0.6) is 0 Å². The number of amides is 1. The Morgan fingerprint density at radius 2 is 2.05 bits per heavy atom. The van der Waals surface area contributed by atoms with Crippen molar-refractivity contribution in [3.8, 4) is 0 Å². The predicted molar refractivity (Wildman–Crippen MR) is 83.1 cm³/mol. The number of carbonyl (C=O) groups is 1. The molecule has 2 aliphatic rings. The van der Waals surface area contributed by atoms with Gasteiger partial charge in [-0.1, -0.05) is 6.92 Å². The van der Waals surface area contributed by atoms with Gasteiger partial charge in [-0.05, 0) is 51.0 Å². The van der Waals surface area contributed by atoms with Gasteiger partial charge in [-0.2, -0.15) is 0 Å². The third-order valence-corrected chi connectivity index (χ3v) is 5.19. The zero-order valence-electron chi connectivity index (χ0n) is 12.7. The normalized spacial score (nSPS) is 29.6. The molecule has 2 atom stereocenters. The summed E-state index contributed by atoms with van der Waals surface area (Å²) >= 11 is 0. The number of hydrogen-bond donors (Lipinski definition) is 2. The van der Waals surface area contributed by atoms with Crippen LogP contribution in [0.1, 0.15) is 46.0 Å². The molecule has 0 aromatic heterocycles. The van der Waals surface area contributed by atoms with E-state index >= 15 is 0 Å². The Hall–Kier alpha value is -0.320. The van der Waals surface area contributed by atoms with Crippen LogP contribution in [0.15, 0.2) is 0 Å². The van der Waals surface area contributed by atoms with E-state index in [0.717, 1.165) is 51.7 Å². The van der Waals surface area contributed by atoms with Gasteiger partial charge in [-0.25, -0.2) is 0 Å². The molecule has 2 saturated heterocycles. The Labute approximate surface area is 128 Å². The molecule has 118 valence electrons. The van der Waals surface area contributed by atoms with Crippen LogP contribution in [-0.2, 0) is 4.79 Å².